The van der Waals surface area contributed by atoms with Crippen molar-refractivity contribution in [2.45, 2.75) is 24.9 Å². The van der Waals surface area contributed by atoms with E-state index < -0.39 is 12.1 Å². The van der Waals surface area contributed by atoms with Gasteiger partial charge >= 0.3 is 6.03 Å². The van der Waals surface area contributed by atoms with Crippen molar-refractivity contribution in [2.24, 2.45) is 0 Å². The lowest BCUT2D eigenvalue weighted by Crippen LogP contribution is -2.49. The van der Waals surface area contributed by atoms with Crippen LogP contribution in [0.5, 0.6) is 0 Å². The van der Waals surface area contributed by atoms with Crippen molar-refractivity contribution in [3.05, 3.63) is 35.4 Å². The molecule has 7 nitrogen and oxygen atoms in total. The number of nitrogens with zero attached hydrogens (tertiary/aromatic N) is 2. The van der Waals surface area contributed by atoms with Crippen LogP contribution in [0.2, 0.25) is 0 Å². The second-order valence-corrected chi connectivity index (χ2v) is 6.62. The maximum atomic E-state index is 11.7. The molecule has 1 saturated carbocycles. The highest BCUT2D eigenvalue weighted by Crippen LogP contribution is 2.27. The molecule has 1 atom stereocenters. The van der Waals surface area contributed by atoms with Crippen molar-refractivity contribution in [3.8, 4) is 0 Å². The van der Waals surface area contributed by atoms with E-state index in [2.05, 4.69) is 20.4 Å². The molecule has 0 aromatic heterocycles. The van der Waals surface area contributed by atoms with Crippen LogP contribution in [0.15, 0.2) is 24.3 Å². The zero-order chi connectivity index (χ0) is 16.7. The molecule has 4 rings (SSSR count). The Bertz CT molecular complexity index is 675. The minimum atomic E-state index is -0.636. The van der Waals surface area contributed by atoms with Crippen molar-refractivity contribution < 1.29 is 9.59 Å². The number of imide groups is 1. The number of carbonyl (C=O) groups is 2. The van der Waals surface area contributed by atoms with E-state index in [1.165, 1.54) is 12.8 Å². The van der Waals surface area contributed by atoms with Crippen molar-refractivity contribution in [1.29, 1.82) is 5.41 Å². The molecule has 2 heterocycles. The predicted octanol–water partition coefficient (Wildman–Crippen LogP) is 0.672. The summed E-state index contributed by atoms with van der Waals surface area (Å²) in [6, 6.07) is 7.00. The van der Waals surface area contributed by atoms with Gasteiger partial charge in [-0.1, -0.05) is 24.3 Å². The zero-order valence-electron chi connectivity index (χ0n) is 13.4. The number of amides is 3. The number of piperazine rings is 1. The molecule has 2 aliphatic heterocycles. The van der Waals surface area contributed by atoms with Gasteiger partial charge in [0, 0.05) is 37.8 Å². The Labute approximate surface area is 140 Å². The lowest BCUT2D eigenvalue weighted by Gasteiger charge is -2.36. The average Bonchev–Trinajstić information content (AvgIpc) is 3.39. The summed E-state index contributed by atoms with van der Waals surface area (Å²) in [7, 11) is 0. The lowest BCUT2D eigenvalue weighted by molar-refractivity contribution is -0.120. The summed E-state index contributed by atoms with van der Waals surface area (Å²) >= 11 is 0. The van der Waals surface area contributed by atoms with Crippen molar-refractivity contribution in [3.63, 3.8) is 0 Å². The third-order valence-electron chi connectivity index (χ3n) is 4.99. The van der Waals surface area contributed by atoms with Gasteiger partial charge < -0.3 is 10.2 Å². The fourth-order valence-corrected chi connectivity index (χ4v) is 3.42. The van der Waals surface area contributed by atoms with Crippen LogP contribution in [-0.2, 0) is 4.79 Å². The fourth-order valence-electron chi connectivity index (χ4n) is 3.42. The van der Waals surface area contributed by atoms with E-state index in [0.717, 1.165) is 43.3 Å². The standard InChI is InChI=1S/C17H21N5O2/c18-15(22-9-7-21(8-10-22)13-5-6-13)12-3-1-11(2-4-12)14-16(23)20-17(24)19-14/h1-4,13-14,18H,5-10H2,(H2,19,20,23,24). The Morgan fingerprint density at radius 2 is 1.71 bits per heavy atom. The first-order valence-electron chi connectivity index (χ1n) is 8.41. The molecule has 3 N–H and O–H groups in total. The SMILES string of the molecule is N=C(c1ccc(C2NC(=O)NC2=O)cc1)N1CCN(C2CC2)CC1. The molecule has 2 saturated heterocycles. The molecular weight excluding hydrogens is 306 g/mol. The molecule has 3 aliphatic rings. The second-order valence-electron chi connectivity index (χ2n) is 6.62. The summed E-state index contributed by atoms with van der Waals surface area (Å²) in [4.78, 5) is 27.5. The highest BCUT2D eigenvalue weighted by atomic mass is 16.2. The van der Waals surface area contributed by atoms with Crippen LogP contribution in [-0.4, -0.2) is 59.8 Å². The van der Waals surface area contributed by atoms with E-state index in [0.29, 0.717) is 5.84 Å². The van der Waals surface area contributed by atoms with Crippen LogP contribution >= 0.6 is 0 Å². The molecule has 1 aromatic carbocycles. The monoisotopic (exact) mass is 327 g/mol. The van der Waals surface area contributed by atoms with Crippen LogP contribution < -0.4 is 10.6 Å². The summed E-state index contributed by atoms with van der Waals surface area (Å²) in [5.74, 6) is 0.191. The number of hydrogen-bond acceptors (Lipinski definition) is 4. The van der Waals surface area contributed by atoms with E-state index in [1.807, 2.05) is 12.1 Å². The highest BCUT2D eigenvalue weighted by molar-refractivity contribution is 6.04. The van der Waals surface area contributed by atoms with Gasteiger partial charge in [-0.05, 0) is 18.4 Å². The number of amidine groups is 1. The molecule has 7 heteroatoms. The van der Waals surface area contributed by atoms with Crippen molar-refractivity contribution >= 4 is 17.8 Å². The Hall–Kier alpha value is -2.41. The first-order chi connectivity index (χ1) is 11.6. The highest BCUT2D eigenvalue weighted by Gasteiger charge is 2.32. The van der Waals surface area contributed by atoms with Crippen molar-refractivity contribution in [1.82, 2.24) is 20.4 Å². The summed E-state index contributed by atoms with van der Waals surface area (Å²) in [5, 5.41) is 13.2. The normalized spacial score (nSPS) is 24.7. The van der Waals surface area contributed by atoms with Gasteiger partial charge in [-0.25, -0.2) is 4.79 Å². The van der Waals surface area contributed by atoms with Crippen LogP contribution in [0.4, 0.5) is 4.79 Å². The topological polar surface area (TPSA) is 88.5 Å². The summed E-state index contributed by atoms with van der Waals surface area (Å²) in [6.07, 6.45) is 2.65. The van der Waals surface area contributed by atoms with Gasteiger partial charge in [-0.3, -0.25) is 20.4 Å². The molecule has 3 amide bonds. The van der Waals surface area contributed by atoms with Crippen LogP contribution in [0.3, 0.4) is 0 Å². The van der Waals surface area contributed by atoms with Crippen molar-refractivity contribution in [2.75, 3.05) is 26.2 Å². The number of carbonyl (C=O) groups excluding carboxylic acids is 2. The number of benzene rings is 1. The maximum absolute atomic E-state index is 11.7. The largest absolute Gasteiger partial charge is 0.354 e. The minimum absolute atomic E-state index is 0.334. The predicted molar refractivity (Wildman–Crippen MR) is 88.9 cm³/mol. The van der Waals surface area contributed by atoms with E-state index in [1.54, 1.807) is 12.1 Å². The van der Waals surface area contributed by atoms with Gasteiger partial charge in [0.15, 0.2) is 0 Å². The van der Waals surface area contributed by atoms with E-state index in [-0.39, 0.29) is 5.91 Å². The third kappa shape index (κ3) is 2.87. The summed E-state index contributed by atoms with van der Waals surface area (Å²) in [5.41, 5.74) is 1.57. The molecule has 0 radical (unpaired) electrons. The maximum Gasteiger partial charge on any atom is 0.322 e. The first kappa shape index (κ1) is 15.1. The number of nitrogens with one attached hydrogen (secondary N) is 3. The minimum Gasteiger partial charge on any atom is -0.354 e. The lowest BCUT2D eigenvalue weighted by atomic mass is 10.0. The quantitative estimate of drug-likeness (QED) is 0.433. The number of urea groups is 1. The summed E-state index contributed by atoms with van der Waals surface area (Å²) < 4.78 is 0. The molecule has 3 fully saturated rings. The second kappa shape index (κ2) is 5.90. The number of hydrogen-bond donors (Lipinski definition) is 3. The van der Waals surface area contributed by atoms with Crippen LogP contribution in [0.1, 0.15) is 30.0 Å². The molecule has 126 valence electrons. The van der Waals surface area contributed by atoms with Gasteiger partial charge in [-0.2, -0.15) is 0 Å². The Morgan fingerprint density at radius 1 is 1.04 bits per heavy atom. The van der Waals surface area contributed by atoms with Gasteiger partial charge in [-0.15, -0.1) is 0 Å². The van der Waals surface area contributed by atoms with Gasteiger partial charge in [0.1, 0.15) is 11.9 Å². The molecule has 1 unspecified atom stereocenters. The molecule has 0 spiro atoms. The zero-order valence-corrected chi connectivity index (χ0v) is 13.4. The van der Waals surface area contributed by atoms with E-state index >= 15 is 0 Å². The molecular formula is C17H21N5O2. The van der Waals surface area contributed by atoms with Crippen LogP contribution in [0, 0.1) is 5.41 Å². The summed E-state index contributed by atoms with van der Waals surface area (Å²) in [6.45, 7) is 3.83. The Balaban J connectivity index is 1.40. The Morgan fingerprint density at radius 3 is 2.25 bits per heavy atom. The molecule has 1 aliphatic carbocycles. The van der Waals surface area contributed by atoms with Gasteiger partial charge in [0.25, 0.3) is 5.91 Å². The van der Waals surface area contributed by atoms with Crippen LogP contribution in [0.25, 0.3) is 0 Å². The fraction of sp³-hybridized carbons (Fsp3) is 0.471. The molecule has 1 aromatic rings. The molecule has 24 heavy (non-hydrogen) atoms. The molecule has 0 bridgehead atoms. The van der Waals surface area contributed by atoms with Gasteiger partial charge in [0.2, 0.25) is 0 Å². The smallest absolute Gasteiger partial charge is 0.322 e. The average molecular weight is 327 g/mol. The Kier molecular flexibility index (Phi) is 3.72. The van der Waals surface area contributed by atoms with Gasteiger partial charge in [0.05, 0.1) is 0 Å². The van der Waals surface area contributed by atoms with E-state index in [9.17, 15) is 9.59 Å². The third-order valence-corrected chi connectivity index (χ3v) is 4.99. The first-order valence-corrected chi connectivity index (χ1v) is 8.41. The van der Waals surface area contributed by atoms with E-state index in [4.69, 9.17) is 5.41 Å². The number of rotatable bonds is 3.